The maximum Gasteiger partial charge on any atom is 0.257 e. The van der Waals surface area contributed by atoms with Gasteiger partial charge in [-0.2, -0.15) is 0 Å². The Balaban J connectivity index is 1.74. The molecule has 0 spiro atoms. The van der Waals surface area contributed by atoms with Crippen molar-refractivity contribution in [3.63, 3.8) is 0 Å². The van der Waals surface area contributed by atoms with Crippen LogP contribution in [0.5, 0.6) is 0 Å². The van der Waals surface area contributed by atoms with Crippen LogP contribution in [0.15, 0.2) is 60.7 Å². The first-order valence-corrected chi connectivity index (χ1v) is 9.47. The van der Waals surface area contributed by atoms with Gasteiger partial charge < -0.3 is 10.6 Å². The summed E-state index contributed by atoms with van der Waals surface area (Å²) in [5, 5.41) is 6.81. The van der Waals surface area contributed by atoms with Gasteiger partial charge in [-0.25, -0.2) is 0 Å². The standard InChI is InChI=1S/C20H12Cl4N2O2/c21-12-5-6-15(17(23)9-12)20(28)26-14-3-1-2-13(10-14)25-19(27)11-4-7-16(22)18(24)8-11/h1-10H,(H,25,27)(H,26,28). The highest BCUT2D eigenvalue weighted by Crippen LogP contribution is 2.25. The maximum atomic E-state index is 12.4. The number of carbonyl (C=O) groups excluding carboxylic acids is 2. The lowest BCUT2D eigenvalue weighted by atomic mass is 10.2. The average molecular weight is 454 g/mol. The molecule has 0 unspecified atom stereocenters. The van der Waals surface area contributed by atoms with E-state index < -0.39 is 5.91 Å². The molecule has 0 radical (unpaired) electrons. The summed E-state index contributed by atoms with van der Waals surface area (Å²) in [7, 11) is 0. The van der Waals surface area contributed by atoms with Gasteiger partial charge in [-0.05, 0) is 54.6 Å². The minimum absolute atomic E-state index is 0.245. The second-order valence-corrected chi connectivity index (χ2v) is 7.40. The number of anilines is 2. The fourth-order valence-electron chi connectivity index (χ4n) is 2.39. The lowest BCUT2D eigenvalue weighted by Crippen LogP contribution is -2.14. The number of benzene rings is 3. The summed E-state index contributed by atoms with van der Waals surface area (Å²) >= 11 is 23.7. The molecule has 2 N–H and O–H groups in total. The van der Waals surface area contributed by atoms with Gasteiger partial charge in [-0.3, -0.25) is 9.59 Å². The molecule has 0 bridgehead atoms. The predicted molar refractivity (Wildman–Crippen MR) is 115 cm³/mol. The molecule has 0 saturated heterocycles. The van der Waals surface area contributed by atoms with Crippen molar-refractivity contribution in [2.24, 2.45) is 0 Å². The monoisotopic (exact) mass is 452 g/mol. The molecular weight excluding hydrogens is 442 g/mol. The van der Waals surface area contributed by atoms with Crippen molar-refractivity contribution in [1.29, 1.82) is 0 Å². The van der Waals surface area contributed by atoms with Gasteiger partial charge in [0.25, 0.3) is 11.8 Å². The van der Waals surface area contributed by atoms with Crippen LogP contribution in [0, 0.1) is 0 Å². The van der Waals surface area contributed by atoms with Gasteiger partial charge in [0, 0.05) is 22.0 Å². The van der Waals surface area contributed by atoms with Gasteiger partial charge >= 0.3 is 0 Å². The lowest BCUT2D eigenvalue weighted by Gasteiger charge is -2.10. The van der Waals surface area contributed by atoms with E-state index in [1.165, 1.54) is 18.2 Å². The van der Waals surface area contributed by atoms with Gasteiger partial charge in [0.2, 0.25) is 0 Å². The van der Waals surface area contributed by atoms with Crippen LogP contribution in [0.4, 0.5) is 11.4 Å². The first-order chi connectivity index (χ1) is 13.3. The first kappa shape index (κ1) is 20.5. The van der Waals surface area contributed by atoms with E-state index in [4.69, 9.17) is 46.4 Å². The summed E-state index contributed by atoms with van der Waals surface area (Å²) < 4.78 is 0. The number of halogens is 4. The molecule has 0 aliphatic carbocycles. The van der Waals surface area contributed by atoms with Crippen molar-refractivity contribution >= 4 is 69.6 Å². The maximum absolute atomic E-state index is 12.4. The number of hydrogen-bond donors (Lipinski definition) is 2. The molecule has 8 heteroatoms. The van der Waals surface area contributed by atoms with Gasteiger partial charge in [-0.15, -0.1) is 0 Å². The van der Waals surface area contributed by atoms with Crippen molar-refractivity contribution in [2.75, 3.05) is 10.6 Å². The molecule has 3 aromatic carbocycles. The Labute approximate surface area is 181 Å². The van der Waals surface area contributed by atoms with Crippen LogP contribution in [-0.2, 0) is 0 Å². The molecule has 0 atom stereocenters. The normalized spacial score (nSPS) is 10.4. The van der Waals surface area contributed by atoms with Crippen LogP contribution in [-0.4, -0.2) is 11.8 Å². The Kier molecular flexibility index (Phi) is 6.47. The summed E-state index contributed by atoms with van der Waals surface area (Å²) in [5.74, 6) is -0.752. The Hall–Kier alpha value is -2.24. The van der Waals surface area contributed by atoms with E-state index in [1.54, 1.807) is 42.5 Å². The highest BCUT2D eigenvalue weighted by Gasteiger charge is 2.12. The quantitative estimate of drug-likeness (QED) is 0.456. The van der Waals surface area contributed by atoms with Gasteiger partial charge in [-0.1, -0.05) is 52.5 Å². The van der Waals surface area contributed by atoms with Gasteiger partial charge in [0.15, 0.2) is 0 Å². The molecule has 0 aromatic heterocycles. The van der Waals surface area contributed by atoms with Crippen molar-refractivity contribution in [1.82, 2.24) is 0 Å². The second-order valence-electron chi connectivity index (χ2n) is 5.74. The smallest absolute Gasteiger partial charge is 0.257 e. The van der Waals surface area contributed by atoms with E-state index in [0.717, 1.165) is 0 Å². The largest absolute Gasteiger partial charge is 0.322 e. The Morgan fingerprint density at radius 3 is 1.96 bits per heavy atom. The van der Waals surface area contributed by atoms with Crippen LogP contribution in [0.1, 0.15) is 20.7 Å². The number of rotatable bonds is 4. The third-order valence-corrected chi connectivity index (χ3v) is 5.02. The van der Waals surface area contributed by atoms with Crippen LogP contribution in [0.2, 0.25) is 20.1 Å². The second kappa shape index (κ2) is 8.84. The van der Waals surface area contributed by atoms with E-state index in [-0.39, 0.29) is 21.5 Å². The molecule has 0 fully saturated rings. The third-order valence-electron chi connectivity index (χ3n) is 3.74. The topological polar surface area (TPSA) is 58.2 Å². The molecule has 4 nitrogen and oxygen atoms in total. The molecule has 0 aliphatic heterocycles. The van der Waals surface area contributed by atoms with E-state index in [9.17, 15) is 9.59 Å². The molecular formula is C20H12Cl4N2O2. The molecule has 0 aliphatic rings. The molecule has 142 valence electrons. The minimum Gasteiger partial charge on any atom is -0.322 e. The number of hydrogen-bond acceptors (Lipinski definition) is 2. The predicted octanol–water partition coefficient (Wildman–Crippen LogP) is 6.80. The van der Waals surface area contributed by atoms with Crippen LogP contribution < -0.4 is 10.6 Å². The Morgan fingerprint density at radius 1 is 0.643 bits per heavy atom. The summed E-state index contributed by atoms with van der Waals surface area (Å²) in [4.78, 5) is 24.8. The molecule has 2 amide bonds. The van der Waals surface area contributed by atoms with Crippen molar-refractivity contribution in [3.05, 3.63) is 91.9 Å². The van der Waals surface area contributed by atoms with Crippen LogP contribution in [0.3, 0.4) is 0 Å². The minimum atomic E-state index is -0.394. The van der Waals surface area contributed by atoms with E-state index in [2.05, 4.69) is 10.6 Å². The molecule has 3 aromatic rings. The molecule has 0 saturated carbocycles. The van der Waals surface area contributed by atoms with E-state index >= 15 is 0 Å². The third kappa shape index (κ3) is 4.97. The van der Waals surface area contributed by atoms with Crippen molar-refractivity contribution in [3.8, 4) is 0 Å². The molecule has 3 rings (SSSR count). The zero-order chi connectivity index (χ0) is 20.3. The number of nitrogens with one attached hydrogen (secondary N) is 2. The molecule has 28 heavy (non-hydrogen) atoms. The van der Waals surface area contributed by atoms with Gasteiger partial charge in [0.05, 0.1) is 20.6 Å². The summed E-state index contributed by atoms with van der Waals surface area (Å²) in [6.07, 6.45) is 0. The van der Waals surface area contributed by atoms with E-state index in [0.29, 0.717) is 27.0 Å². The highest BCUT2D eigenvalue weighted by atomic mass is 35.5. The number of amides is 2. The fraction of sp³-hybridized carbons (Fsp3) is 0. The first-order valence-electron chi connectivity index (χ1n) is 7.96. The van der Waals surface area contributed by atoms with Gasteiger partial charge in [0.1, 0.15) is 0 Å². The zero-order valence-electron chi connectivity index (χ0n) is 14.1. The lowest BCUT2D eigenvalue weighted by molar-refractivity contribution is 0.101. The van der Waals surface area contributed by atoms with Crippen molar-refractivity contribution < 1.29 is 9.59 Å². The highest BCUT2D eigenvalue weighted by molar-refractivity contribution is 6.42. The summed E-state index contributed by atoms with van der Waals surface area (Å²) in [6.45, 7) is 0. The number of carbonyl (C=O) groups is 2. The Morgan fingerprint density at radius 2 is 1.32 bits per heavy atom. The zero-order valence-corrected chi connectivity index (χ0v) is 17.1. The Bertz CT molecular complexity index is 1070. The summed E-state index contributed by atoms with van der Waals surface area (Å²) in [5.41, 5.74) is 1.63. The van der Waals surface area contributed by atoms with Crippen LogP contribution in [0.25, 0.3) is 0 Å². The summed E-state index contributed by atoms with van der Waals surface area (Å²) in [6, 6.07) is 15.9. The van der Waals surface area contributed by atoms with E-state index in [1.807, 2.05) is 0 Å². The fourth-order valence-corrected chi connectivity index (χ4v) is 3.18. The average Bonchev–Trinajstić information content (AvgIpc) is 2.64. The van der Waals surface area contributed by atoms with Crippen LogP contribution >= 0.6 is 46.4 Å². The molecule has 0 heterocycles. The SMILES string of the molecule is O=C(Nc1cccc(NC(=O)c2ccc(Cl)cc2Cl)c1)c1ccc(Cl)c(Cl)c1. The van der Waals surface area contributed by atoms with Crippen molar-refractivity contribution in [2.45, 2.75) is 0 Å².